The first-order valence-corrected chi connectivity index (χ1v) is 7.81. The van der Waals surface area contributed by atoms with E-state index in [-0.39, 0.29) is 18.2 Å². The van der Waals surface area contributed by atoms with Crippen LogP contribution in [0.25, 0.3) is 11.1 Å². The van der Waals surface area contributed by atoms with Crippen LogP contribution in [0.1, 0.15) is 37.3 Å². The summed E-state index contributed by atoms with van der Waals surface area (Å²) < 4.78 is 19.2. The number of hydrogen-bond donors (Lipinski definition) is 0. The largest absolute Gasteiger partial charge is 0.481 e. The first kappa shape index (κ1) is 17.4. The molecule has 0 bridgehead atoms. The van der Waals surface area contributed by atoms with Crippen LogP contribution in [0.5, 0.6) is 5.88 Å². The van der Waals surface area contributed by atoms with Gasteiger partial charge in [0.05, 0.1) is 7.11 Å². The van der Waals surface area contributed by atoms with E-state index in [1.165, 1.54) is 19.2 Å². The van der Waals surface area contributed by atoms with Gasteiger partial charge in [-0.15, -0.1) is 0 Å². The standard InChI is InChI=1S/C18H19ClFNO2/c1-11(2)15-9-13(20)10-16(14(15)4-5-17(19)22)12-6-7-21-18(8-12)23-3/h6-11H,4-5H2,1-3H3. The van der Waals surface area contributed by atoms with Crippen LogP contribution >= 0.6 is 11.6 Å². The van der Waals surface area contributed by atoms with Gasteiger partial charge in [-0.05, 0) is 64.4 Å². The average molecular weight is 336 g/mol. The van der Waals surface area contributed by atoms with Crippen LogP contribution in [0.15, 0.2) is 30.5 Å². The molecule has 0 radical (unpaired) electrons. The number of halogens is 2. The summed E-state index contributed by atoms with van der Waals surface area (Å²) in [5, 5.41) is -0.401. The fourth-order valence-corrected chi connectivity index (χ4v) is 2.72. The number of aromatic nitrogens is 1. The van der Waals surface area contributed by atoms with Crippen molar-refractivity contribution in [3.05, 3.63) is 47.4 Å². The molecule has 0 aliphatic heterocycles. The van der Waals surface area contributed by atoms with Crippen molar-refractivity contribution >= 4 is 16.8 Å². The lowest BCUT2D eigenvalue weighted by Gasteiger charge is -2.18. The van der Waals surface area contributed by atoms with Crippen LogP contribution in [0, 0.1) is 5.82 Å². The van der Waals surface area contributed by atoms with Crippen LogP contribution in [-0.4, -0.2) is 17.3 Å². The summed E-state index contributed by atoms with van der Waals surface area (Å²) >= 11 is 5.49. The Labute approximate surface area is 140 Å². The van der Waals surface area contributed by atoms with Crippen molar-refractivity contribution in [1.29, 1.82) is 0 Å². The maximum absolute atomic E-state index is 14.1. The quantitative estimate of drug-likeness (QED) is 0.717. The van der Waals surface area contributed by atoms with Gasteiger partial charge in [-0.25, -0.2) is 9.37 Å². The molecule has 1 aromatic carbocycles. The number of pyridine rings is 1. The summed E-state index contributed by atoms with van der Waals surface area (Å²) in [5.41, 5.74) is 3.36. The summed E-state index contributed by atoms with van der Waals surface area (Å²) in [7, 11) is 1.53. The molecule has 1 heterocycles. The fourth-order valence-electron chi connectivity index (χ4n) is 2.62. The highest BCUT2D eigenvalue weighted by Crippen LogP contribution is 2.33. The first-order chi connectivity index (χ1) is 10.9. The van der Waals surface area contributed by atoms with Crippen LogP contribution in [-0.2, 0) is 11.2 Å². The molecule has 1 aromatic heterocycles. The molecule has 122 valence electrons. The van der Waals surface area contributed by atoms with Gasteiger partial charge >= 0.3 is 0 Å². The van der Waals surface area contributed by atoms with Crippen molar-refractivity contribution in [2.75, 3.05) is 7.11 Å². The maximum atomic E-state index is 14.1. The SMILES string of the molecule is COc1cc(-c2cc(F)cc(C(C)C)c2CCC(=O)Cl)ccn1. The van der Waals surface area contributed by atoms with Gasteiger partial charge < -0.3 is 4.74 Å². The van der Waals surface area contributed by atoms with Gasteiger partial charge in [0.15, 0.2) is 0 Å². The summed E-state index contributed by atoms with van der Waals surface area (Å²) in [6.45, 7) is 4.00. The van der Waals surface area contributed by atoms with Gasteiger partial charge in [-0.2, -0.15) is 0 Å². The summed E-state index contributed by atoms with van der Waals surface area (Å²) in [6.07, 6.45) is 2.29. The topological polar surface area (TPSA) is 39.2 Å². The van der Waals surface area contributed by atoms with Gasteiger partial charge in [0.1, 0.15) is 5.82 Å². The molecule has 0 spiro atoms. The number of methoxy groups -OCH3 is 1. The number of carbonyl (C=O) groups is 1. The molecule has 0 saturated carbocycles. The molecule has 23 heavy (non-hydrogen) atoms. The third-order valence-electron chi connectivity index (χ3n) is 3.70. The number of nitrogens with zero attached hydrogens (tertiary/aromatic N) is 1. The Balaban J connectivity index is 2.61. The van der Waals surface area contributed by atoms with E-state index >= 15 is 0 Å². The Bertz CT molecular complexity index is 716. The van der Waals surface area contributed by atoms with E-state index in [0.717, 1.165) is 22.3 Å². The first-order valence-electron chi connectivity index (χ1n) is 7.43. The monoisotopic (exact) mass is 335 g/mol. The van der Waals surface area contributed by atoms with E-state index in [2.05, 4.69) is 4.98 Å². The third-order valence-corrected chi connectivity index (χ3v) is 3.89. The Morgan fingerprint density at radius 1 is 1.35 bits per heavy atom. The van der Waals surface area contributed by atoms with Crippen molar-refractivity contribution in [1.82, 2.24) is 4.98 Å². The normalized spacial score (nSPS) is 10.9. The maximum Gasteiger partial charge on any atom is 0.221 e. The van der Waals surface area contributed by atoms with E-state index < -0.39 is 5.24 Å². The lowest BCUT2D eigenvalue weighted by atomic mass is 9.88. The van der Waals surface area contributed by atoms with E-state index in [9.17, 15) is 9.18 Å². The lowest BCUT2D eigenvalue weighted by molar-refractivity contribution is -0.111. The van der Waals surface area contributed by atoms with Crippen molar-refractivity contribution < 1.29 is 13.9 Å². The summed E-state index contributed by atoms with van der Waals surface area (Å²) in [6, 6.07) is 6.56. The number of benzene rings is 1. The number of carbonyl (C=O) groups excluding carboxylic acids is 1. The molecule has 0 unspecified atom stereocenters. The predicted octanol–water partition coefficient (Wildman–Crippen LogP) is 4.72. The minimum atomic E-state index is -0.401. The van der Waals surface area contributed by atoms with Crippen LogP contribution in [0.2, 0.25) is 0 Å². The van der Waals surface area contributed by atoms with E-state index in [0.29, 0.717) is 12.3 Å². The molecule has 0 aliphatic carbocycles. The molecule has 3 nitrogen and oxygen atoms in total. The second kappa shape index (κ2) is 7.55. The second-order valence-electron chi connectivity index (χ2n) is 5.62. The summed E-state index contributed by atoms with van der Waals surface area (Å²) in [4.78, 5) is 15.3. The molecule has 0 N–H and O–H groups in total. The molecule has 2 aromatic rings. The molecular weight excluding hydrogens is 317 g/mol. The zero-order valence-corrected chi connectivity index (χ0v) is 14.2. The molecule has 0 aliphatic rings. The molecule has 0 amide bonds. The Kier molecular flexibility index (Phi) is 5.72. The highest BCUT2D eigenvalue weighted by atomic mass is 35.5. The van der Waals surface area contributed by atoms with Crippen molar-refractivity contribution in [3.63, 3.8) is 0 Å². The van der Waals surface area contributed by atoms with Gasteiger partial charge in [0.2, 0.25) is 11.1 Å². The minimum Gasteiger partial charge on any atom is -0.481 e. The molecule has 2 rings (SSSR count). The number of hydrogen-bond acceptors (Lipinski definition) is 3. The highest BCUT2D eigenvalue weighted by molar-refractivity contribution is 6.63. The van der Waals surface area contributed by atoms with Crippen LogP contribution in [0.3, 0.4) is 0 Å². The van der Waals surface area contributed by atoms with Gasteiger partial charge in [0, 0.05) is 18.7 Å². The van der Waals surface area contributed by atoms with Gasteiger partial charge in [-0.3, -0.25) is 4.79 Å². The molecular formula is C18H19ClFNO2. The molecule has 0 atom stereocenters. The van der Waals surface area contributed by atoms with Crippen molar-refractivity contribution in [3.8, 4) is 17.0 Å². The fraction of sp³-hybridized carbons (Fsp3) is 0.333. The number of ether oxygens (including phenoxy) is 1. The van der Waals surface area contributed by atoms with Gasteiger partial charge in [0.25, 0.3) is 0 Å². The van der Waals surface area contributed by atoms with Crippen LogP contribution in [0.4, 0.5) is 4.39 Å². The summed E-state index contributed by atoms with van der Waals surface area (Å²) in [5.74, 6) is 0.284. The van der Waals surface area contributed by atoms with Crippen LogP contribution < -0.4 is 4.74 Å². The zero-order chi connectivity index (χ0) is 17.0. The van der Waals surface area contributed by atoms with E-state index in [1.54, 1.807) is 18.3 Å². The number of rotatable bonds is 6. The van der Waals surface area contributed by atoms with E-state index in [4.69, 9.17) is 16.3 Å². The predicted molar refractivity (Wildman–Crippen MR) is 89.5 cm³/mol. The molecule has 0 fully saturated rings. The highest BCUT2D eigenvalue weighted by Gasteiger charge is 2.16. The smallest absolute Gasteiger partial charge is 0.221 e. The Morgan fingerprint density at radius 3 is 2.70 bits per heavy atom. The van der Waals surface area contributed by atoms with E-state index in [1.807, 2.05) is 13.8 Å². The second-order valence-corrected chi connectivity index (χ2v) is 6.04. The van der Waals surface area contributed by atoms with Gasteiger partial charge in [-0.1, -0.05) is 13.8 Å². The zero-order valence-electron chi connectivity index (χ0n) is 13.4. The third kappa shape index (κ3) is 4.29. The minimum absolute atomic E-state index is 0.133. The lowest BCUT2D eigenvalue weighted by Crippen LogP contribution is -2.03. The molecule has 5 heteroatoms. The Morgan fingerprint density at radius 2 is 2.09 bits per heavy atom. The van der Waals surface area contributed by atoms with Crippen molar-refractivity contribution in [2.45, 2.75) is 32.6 Å². The Hall–Kier alpha value is -1.94. The van der Waals surface area contributed by atoms with Crippen molar-refractivity contribution in [2.24, 2.45) is 0 Å². The average Bonchev–Trinajstić information content (AvgIpc) is 2.52. The molecule has 0 saturated heterocycles.